The van der Waals surface area contributed by atoms with Crippen LogP contribution in [0.2, 0.25) is 10.0 Å². The van der Waals surface area contributed by atoms with Crippen LogP contribution in [0.5, 0.6) is 0 Å². The van der Waals surface area contributed by atoms with Gasteiger partial charge in [-0.15, -0.1) is 0 Å². The van der Waals surface area contributed by atoms with Gasteiger partial charge in [-0.25, -0.2) is 0 Å². The smallest absolute Gasteiger partial charge is 0.258 e. The monoisotopic (exact) mass is 318 g/mol. The van der Waals surface area contributed by atoms with Crippen LogP contribution in [0.25, 0.3) is 11.6 Å². The molecule has 0 bridgehead atoms. The zero-order valence-corrected chi connectivity index (χ0v) is 12.1. The van der Waals surface area contributed by atoms with Crippen LogP contribution in [0, 0.1) is 21.4 Å². The summed E-state index contributed by atoms with van der Waals surface area (Å²) in [7, 11) is 0. The van der Waals surface area contributed by atoms with Crippen molar-refractivity contribution in [1.82, 2.24) is 0 Å². The van der Waals surface area contributed by atoms with Crippen molar-refractivity contribution in [3.8, 4) is 6.07 Å². The second kappa shape index (κ2) is 6.40. The standard InChI is InChI=1S/C15H8Cl2N2O2/c16-13-3-1-2-11(8-13)12(9-18)6-10-4-5-14(17)15(7-10)19(20)21/h1-8H/b12-6-. The van der Waals surface area contributed by atoms with E-state index < -0.39 is 4.92 Å². The van der Waals surface area contributed by atoms with Crippen LogP contribution in [0.3, 0.4) is 0 Å². The van der Waals surface area contributed by atoms with Gasteiger partial charge in [0, 0.05) is 11.1 Å². The van der Waals surface area contributed by atoms with E-state index in [0.29, 0.717) is 21.7 Å². The highest BCUT2D eigenvalue weighted by atomic mass is 35.5. The Labute approximate surface area is 131 Å². The maximum atomic E-state index is 10.9. The fourth-order valence-corrected chi connectivity index (χ4v) is 2.14. The summed E-state index contributed by atoms with van der Waals surface area (Å²) < 4.78 is 0. The zero-order chi connectivity index (χ0) is 15.4. The molecule has 21 heavy (non-hydrogen) atoms. The van der Waals surface area contributed by atoms with Gasteiger partial charge in [0.25, 0.3) is 5.69 Å². The highest BCUT2D eigenvalue weighted by Crippen LogP contribution is 2.27. The van der Waals surface area contributed by atoms with Crippen LogP contribution >= 0.6 is 23.2 Å². The van der Waals surface area contributed by atoms with Crippen molar-refractivity contribution in [2.24, 2.45) is 0 Å². The molecule has 0 unspecified atom stereocenters. The minimum absolute atomic E-state index is 0.0541. The van der Waals surface area contributed by atoms with Crippen molar-refractivity contribution < 1.29 is 4.92 Å². The largest absolute Gasteiger partial charge is 0.288 e. The van der Waals surface area contributed by atoms with E-state index >= 15 is 0 Å². The van der Waals surface area contributed by atoms with E-state index in [0.717, 1.165) is 0 Å². The first-order chi connectivity index (χ1) is 10.0. The van der Waals surface area contributed by atoms with Crippen LogP contribution < -0.4 is 0 Å². The number of allylic oxidation sites excluding steroid dienone is 1. The molecule has 6 heteroatoms. The molecule has 2 aromatic rings. The highest BCUT2D eigenvalue weighted by molar-refractivity contribution is 6.32. The number of nitriles is 1. The molecule has 0 saturated carbocycles. The van der Waals surface area contributed by atoms with Gasteiger partial charge in [0.05, 0.1) is 16.6 Å². The van der Waals surface area contributed by atoms with Gasteiger partial charge in [-0.3, -0.25) is 10.1 Å². The molecule has 0 radical (unpaired) electrons. The molecule has 4 nitrogen and oxygen atoms in total. The highest BCUT2D eigenvalue weighted by Gasteiger charge is 2.12. The molecule has 0 aliphatic carbocycles. The Balaban J connectivity index is 2.48. The Kier molecular flexibility index (Phi) is 4.59. The van der Waals surface area contributed by atoms with E-state index in [1.807, 2.05) is 0 Å². The van der Waals surface area contributed by atoms with Gasteiger partial charge in [-0.1, -0.05) is 41.4 Å². The summed E-state index contributed by atoms with van der Waals surface area (Å²) in [5.41, 5.74) is 1.31. The number of nitro benzene ring substituents is 1. The van der Waals surface area contributed by atoms with E-state index in [1.54, 1.807) is 36.4 Å². The minimum Gasteiger partial charge on any atom is -0.258 e. The molecular formula is C15H8Cl2N2O2. The van der Waals surface area contributed by atoms with Crippen molar-refractivity contribution in [2.45, 2.75) is 0 Å². The van der Waals surface area contributed by atoms with Gasteiger partial charge in [-0.2, -0.15) is 5.26 Å². The van der Waals surface area contributed by atoms with E-state index in [9.17, 15) is 15.4 Å². The number of nitrogens with zero attached hydrogens (tertiary/aromatic N) is 2. The van der Waals surface area contributed by atoms with Gasteiger partial charge in [0.2, 0.25) is 0 Å². The van der Waals surface area contributed by atoms with Crippen molar-refractivity contribution in [2.75, 3.05) is 0 Å². The third kappa shape index (κ3) is 3.60. The first kappa shape index (κ1) is 15.0. The minimum atomic E-state index is -0.564. The van der Waals surface area contributed by atoms with Crippen LogP contribution in [-0.2, 0) is 0 Å². The van der Waals surface area contributed by atoms with Gasteiger partial charge >= 0.3 is 0 Å². The first-order valence-electron chi connectivity index (χ1n) is 5.83. The molecule has 0 aliphatic heterocycles. The third-order valence-corrected chi connectivity index (χ3v) is 3.29. The SMILES string of the molecule is N#C/C(=C/c1ccc(Cl)c([N+](=O)[O-])c1)c1cccc(Cl)c1. The van der Waals surface area contributed by atoms with E-state index in [1.165, 1.54) is 12.1 Å². The number of hydrogen-bond acceptors (Lipinski definition) is 3. The molecule has 0 spiro atoms. The Morgan fingerprint density at radius 1 is 1.24 bits per heavy atom. The Morgan fingerprint density at radius 3 is 2.62 bits per heavy atom. The van der Waals surface area contributed by atoms with E-state index in [4.69, 9.17) is 23.2 Å². The van der Waals surface area contributed by atoms with Crippen molar-refractivity contribution in [3.63, 3.8) is 0 Å². The molecule has 0 heterocycles. The van der Waals surface area contributed by atoms with Gasteiger partial charge in [-0.05, 0) is 35.4 Å². The van der Waals surface area contributed by atoms with Crippen LogP contribution in [0.4, 0.5) is 5.69 Å². The molecule has 104 valence electrons. The summed E-state index contributed by atoms with van der Waals surface area (Å²) in [6.45, 7) is 0. The second-order valence-corrected chi connectivity index (χ2v) is 4.99. The number of rotatable bonds is 3. The predicted octanol–water partition coefficient (Wildman–Crippen LogP) is 4.97. The summed E-state index contributed by atoms with van der Waals surface area (Å²) in [6.07, 6.45) is 1.55. The quantitative estimate of drug-likeness (QED) is 0.347. The molecule has 0 saturated heterocycles. The van der Waals surface area contributed by atoms with E-state index in [-0.39, 0.29) is 10.7 Å². The molecule has 0 aliphatic rings. The van der Waals surface area contributed by atoms with Crippen molar-refractivity contribution >= 4 is 40.5 Å². The Hall–Kier alpha value is -2.35. The average Bonchev–Trinajstić information content (AvgIpc) is 2.46. The maximum absolute atomic E-state index is 10.9. The molecule has 2 rings (SSSR count). The second-order valence-electron chi connectivity index (χ2n) is 4.15. The summed E-state index contributed by atoms with van der Waals surface area (Å²) >= 11 is 11.6. The van der Waals surface area contributed by atoms with Crippen LogP contribution in [0.15, 0.2) is 42.5 Å². The number of halogens is 2. The molecule has 2 aromatic carbocycles. The maximum Gasteiger partial charge on any atom is 0.288 e. The van der Waals surface area contributed by atoms with Crippen molar-refractivity contribution in [1.29, 1.82) is 5.26 Å². The van der Waals surface area contributed by atoms with Crippen molar-refractivity contribution in [3.05, 3.63) is 73.8 Å². The van der Waals surface area contributed by atoms with E-state index in [2.05, 4.69) is 6.07 Å². The zero-order valence-electron chi connectivity index (χ0n) is 10.6. The summed E-state index contributed by atoms with van der Waals surface area (Å²) in [5.74, 6) is 0. The molecule has 0 fully saturated rings. The summed E-state index contributed by atoms with van der Waals surface area (Å²) in [5, 5.41) is 20.7. The lowest BCUT2D eigenvalue weighted by Crippen LogP contribution is -1.90. The number of benzene rings is 2. The lowest BCUT2D eigenvalue weighted by atomic mass is 10.0. The molecular weight excluding hydrogens is 311 g/mol. The fraction of sp³-hybridized carbons (Fsp3) is 0. The van der Waals surface area contributed by atoms with Gasteiger partial charge < -0.3 is 0 Å². The van der Waals surface area contributed by atoms with Gasteiger partial charge in [0.15, 0.2) is 0 Å². The molecule has 0 aromatic heterocycles. The predicted molar refractivity (Wildman–Crippen MR) is 83.0 cm³/mol. The Bertz CT molecular complexity index is 779. The molecule has 0 atom stereocenters. The number of nitro groups is 1. The lowest BCUT2D eigenvalue weighted by Gasteiger charge is -2.01. The molecule has 0 amide bonds. The fourth-order valence-electron chi connectivity index (χ4n) is 1.76. The molecule has 0 N–H and O–H groups in total. The average molecular weight is 319 g/mol. The lowest BCUT2D eigenvalue weighted by molar-refractivity contribution is -0.384. The summed E-state index contributed by atoms with van der Waals surface area (Å²) in [6, 6.07) is 13.2. The summed E-state index contributed by atoms with van der Waals surface area (Å²) in [4.78, 5) is 10.3. The first-order valence-corrected chi connectivity index (χ1v) is 6.58. The number of hydrogen-bond donors (Lipinski definition) is 0. The van der Waals surface area contributed by atoms with Crippen LogP contribution in [-0.4, -0.2) is 4.92 Å². The third-order valence-electron chi connectivity index (χ3n) is 2.73. The van der Waals surface area contributed by atoms with Crippen LogP contribution in [0.1, 0.15) is 11.1 Å². The van der Waals surface area contributed by atoms with Gasteiger partial charge in [0.1, 0.15) is 5.02 Å². The topological polar surface area (TPSA) is 66.9 Å². The normalized spacial score (nSPS) is 11.0. The Morgan fingerprint density at radius 2 is 2.00 bits per heavy atom.